The van der Waals surface area contributed by atoms with Gasteiger partial charge < -0.3 is 14.7 Å². The summed E-state index contributed by atoms with van der Waals surface area (Å²) in [5.41, 5.74) is 2.34. The minimum atomic E-state index is -3.15. The molecule has 1 aromatic rings. The molecule has 1 N–H and O–H groups in total. The third-order valence-corrected chi connectivity index (χ3v) is 8.13. The van der Waals surface area contributed by atoms with Crippen LogP contribution in [-0.4, -0.2) is 77.9 Å². The zero-order valence-corrected chi connectivity index (χ0v) is 19.9. The molecule has 8 heteroatoms. The zero-order chi connectivity index (χ0) is 22.4. The van der Waals surface area contributed by atoms with Gasteiger partial charge in [0.1, 0.15) is 11.4 Å². The molecule has 0 spiro atoms. The molecule has 3 aliphatic rings. The van der Waals surface area contributed by atoms with E-state index < -0.39 is 15.6 Å². The van der Waals surface area contributed by atoms with E-state index in [2.05, 4.69) is 22.9 Å². The van der Waals surface area contributed by atoms with Crippen LogP contribution in [0.1, 0.15) is 51.3 Å². The molecule has 1 saturated heterocycles. The number of ether oxygens (including phenoxy) is 1. The molecule has 0 saturated carbocycles. The lowest BCUT2D eigenvalue weighted by molar-refractivity contribution is -0.0130. The van der Waals surface area contributed by atoms with Crippen molar-refractivity contribution in [2.75, 3.05) is 39.0 Å². The van der Waals surface area contributed by atoms with Gasteiger partial charge in [-0.1, -0.05) is 6.08 Å². The number of β-amino-alcohol motifs (C(OH)–C–C–N with tert-alkyl or cyclic N) is 1. The van der Waals surface area contributed by atoms with Gasteiger partial charge in [-0.25, -0.2) is 8.42 Å². The van der Waals surface area contributed by atoms with Crippen molar-refractivity contribution in [3.63, 3.8) is 0 Å². The Bertz CT molecular complexity index is 962. The van der Waals surface area contributed by atoms with E-state index in [1.54, 1.807) is 0 Å². The number of piperidine rings is 1. The number of sulfonamides is 1. The highest BCUT2D eigenvalue weighted by molar-refractivity contribution is 7.88. The molecule has 7 nitrogen and oxygen atoms in total. The summed E-state index contributed by atoms with van der Waals surface area (Å²) < 4.78 is 31.4. The van der Waals surface area contributed by atoms with Crippen LogP contribution in [0, 0.1) is 5.92 Å². The fraction of sp³-hybridized carbons (Fsp3) is 0.696. The minimum absolute atomic E-state index is 0.225. The molecular formula is C23H35N3O4S. The summed E-state index contributed by atoms with van der Waals surface area (Å²) in [6, 6.07) is 2.13. The first-order valence-corrected chi connectivity index (χ1v) is 13.0. The topological polar surface area (TPSA) is 83.0 Å². The number of likely N-dealkylation sites (tertiary alicyclic amines) is 1. The van der Waals surface area contributed by atoms with E-state index in [-0.39, 0.29) is 5.60 Å². The third-order valence-electron chi connectivity index (χ3n) is 6.86. The monoisotopic (exact) mass is 449 g/mol. The van der Waals surface area contributed by atoms with E-state index in [9.17, 15) is 13.5 Å². The maximum Gasteiger partial charge on any atom is 0.211 e. The highest BCUT2D eigenvalue weighted by Crippen LogP contribution is 2.43. The van der Waals surface area contributed by atoms with Crippen LogP contribution in [0.5, 0.6) is 5.75 Å². The summed E-state index contributed by atoms with van der Waals surface area (Å²) in [5.74, 6) is 1.35. The standard InChI is InChI=1S/C23H35N3O4S/c1-22(2,27)16-25-9-7-19(8-10-25)23(3)14-18-13-20(24-15-21(18)30-23)17-5-11-26(12-6-17)31(4,28)29/h5,13,15,19,27H,6-12,14,16H2,1-4H3. The normalized spacial score (nSPS) is 26.4. The predicted octanol–water partition coefficient (Wildman–Crippen LogP) is 2.31. The second kappa shape index (κ2) is 8.14. The minimum Gasteiger partial charge on any atom is -0.485 e. The van der Waals surface area contributed by atoms with Crippen LogP contribution < -0.4 is 4.74 Å². The second-order valence-corrected chi connectivity index (χ2v) is 12.2. The van der Waals surface area contributed by atoms with Crippen molar-refractivity contribution in [1.29, 1.82) is 0 Å². The van der Waals surface area contributed by atoms with E-state index in [1.165, 1.54) is 16.1 Å². The average Bonchev–Trinajstić information content (AvgIpc) is 3.03. The molecule has 4 heterocycles. The smallest absolute Gasteiger partial charge is 0.211 e. The van der Waals surface area contributed by atoms with E-state index in [4.69, 9.17) is 4.74 Å². The number of hydrogen-bond donors (Lipinski definition) is 1. The van der Waals surface area contributed by atoms with E-state index in [0.29, 0.717) is 32.0 Å². The molecule has 1 fully saturated rings. The highest BCUT2D eigenvalue weighted by Gasteiger charge is 2.43. The largest absolute Gasteiger partial charge is 0.485 e. The van der Waals surface area contributed by atoms with Gasteiger partial charge >= 0.3 is 0 Å². The van der Waals surface area contributed by atoms with Gasteiger partial charge in [0.2, 0.25) is 10.0 Å². The SMILES string of the molecule is CC(C)(O)CN1CCC(C2(C)Cc3cc(C4=CCN(S(C)(=O)=O)CC4)ncc3O2)CC1. The fourth-order valence-corrected chi connectivity index (χ4v) is 5.98. The molecule has 0 radical (unpaired) electrons. The molecule has 0 aromatic carbocycles. The zero-order valence-electron chi connectivity index (χ0n) is 19.1. The van der Waals surface area contributed by atoms with Crippen molar-refractivity contribution in [3.05, 3.63) is 29.6 Å². The van der Waals surface area contributed by atoms with Crippen molar-refractivity contribution in [2.45, 2.75) is 57.7 Å². The molecule has 1 unspecified atom stereocenters. The Kier molecular flexibility index (Phi) is 5.96. The molecule has 1 atom stereocenters. The van der Waals surface area contributed by atoms with Gasteiger partial charge in [0.15, 0.2) is 0 Å². The number of nitrogens with zero attached hydrogens (tertiary/aromatic N) is 3. The Morgan fingerprint density at radius 3 is 2.58 bits per heavy atom. The van der Waals surface area contributed by atoms with Gasteiger partial charge in [0.25, 0.3) is 0 Å². The van der Waals surface area contributed by atoms with Gasteiger partial charge in [-0.15, -0.1) is 0 Å². The Morgan fingerprint density at radius 1 is 1.29 bits per heavy atom. The Labute approximate surface area is 186 Å². The Morgan fingerprint density at radius 2 is 2.00 bits per heavy atom. The van der Waals surface area contributed by atoms with Crippen molar-refractivity contribution in [2.24, 2.45) is 5.92 Å². The van der Waals surface area contributed by atoms with Crippen LogP contribution in [0.25, 0.3) is 5.57 Å². The molecule has 0 aliphatic carbocycles. The van der Waals surface area contributed by atoms with Crippen LogP contribution in [-0.2, 0) is 16.4 Å². The summed E-state index contributed by atoms with van der Waals surface area (Å²) in [5, 5.41) is 10.1. The lowest BCUT2D eigenvalue weighted by Gasteiger charge is -2.41. The predicted molar refractivity (Wildman–Crippen MR) is 121 cm³/mol. The van der Waals surface area contributed by atoms with Crippen molar-refractivity contribution in [1.82, 2.24) is 14.2 Å². The summed E-state index contributed by atoms with van der Waals surface area (Å²) in [6.45, 7) is 9.52. The number of hydrogen-bond acceptors (Lipinski definition) is 6. The van der Waals surface area contributed by atoms with Crippen LogP contribution in [0.2, 0.25) is 0 Å². The first kappa shape index (κ1) is 22.7. The van der Waals surface area contributed by atoms with Gasteiger partial charge in [-0.05, 0) is 64.8 Å². The third kappa shape index (κ3) is 5.13. The van der Waals surface area contributed by atoms with Crippen LogP contribution in [0.3, 0.4) is 0 Å². The van der Waals surface area contributed by atoms with Crippen LogP contribution in [0.4, 0.5) is 0 Å². The van der Waals surface area contributed by atoms with Gasteiger partial charge in [0, 0.05) is 37.5 Å². The summed E-state index contributed by atoms with van der Waals surface area (Å²) >= 11 is 0. The number of rotatable bonds is 5. The number of aromatic nitrogens is 1. The van der Waals surface area contributed by atoms with Crippen molar-refractivity contribution >= 4 is 15.6 Å². The summed E-state index contributed by atoms with van der Waals surface area (Å²) in [7, 11) is -3.15. The first-order chi connectivity index (χ1) is 14.4. The van der Waals surface area contributed by atoms with E-state index in [0.717, 1.165) is 49.4 Å². The number of aliphatic hydroxyl groups is 1. The van der Waals surface area contributed by atoms with E-state index in [1.807, 2.05) is 26.1 Å². The molecule has 4 rings (SSSR count). The molecular weight excluding hydrogens is 414 g/mol. The lowest BCUT2D eigenvalue weighted by atomic mass is 9.79. The summed E-state index contributed by atoms with van der Waals surface area (Å²) in [6.07, 6.45) is 8.75. The van der Waals surface area contributed by atoms with Gasteiger partial charge in [0.05, 0.1) is 23.7 Å². The maximum absolute atomic E-state index is 11.7. The average molecular weight is 450 g/mol. The Balaban J connectivity index is 1.41. The molecule has 172 valence electrons. The van der Waals surface area contributed by atoms with Crippen molar-refractivity contribution in [3.8, 4) is 5.75 Å². The lowest BCUT2D eigenvalue weighted by Crippen LogP contribution is -2.49. The summed E-state index contributed by atoms with van der Waals surface area (Å²) in [4.78, 5) is 6.97. The molecule has 31 heavy (non-hydrogen) atoms. The van der Waals surface area contributed by atoms with E-state index >= 15 is 0 Å². The first-order valence-electron chi connectivity index (χ1n) is 11.2. The number of pyridine rings is 1. The van der Waals surface area contributed by atoms with Crippen LogP contribution >= 0.6 is 0 Å². The Hall–Kier alpha value is -1.48. The number of fused-ring (bicyclic) bond motifs is 1. The maximum atomic E-state index is 11.7. The molecule has 0 amide bonds. The molecule has 0 bridgehead atoms. The quantitative estimate of drug-likeness (QED) is 0.743. The molecule has 1 aromatic heterocycles. The fourth-order valence-electron chi connectivity index (χ4n) is 5.22. The van der Waals surface area contributed by atoms with Gasteiger partial charge in [-0.3, -0.25) is 4.98 Å². The van der Waals surface area contributed by atoms with Crippen molar-refractivity contribution < 1.29 is 18.3 Å². The molecule has 3 aliphatic heterocycles. The highest BCUT2D eigenvalue weighted by atomic mass is 32.2. The van der Waals surface area contributed by atoms with Gasteiger partial charge in [-0.2, -0.15) is 4.31 Å². The van der Waals surface area contributed by atoms with Crippen LogP contribution in [0.15, 0.2) is 18.3 Å². The second-order valence-electron chi connectivity index (χ2n) is 10.2.